The second kappa shape index (κ2) is 7.63. The molecule has 0 saturated heterocycles. The highest BCUT2D eigenvalue weighted by molar-refractivity contribution is 6.71. The lowest BCUT2D eigenvalue weighted by Gasteiger charge is -2.21. The maximum Gasteiger partial charge on any atom is 0.333 e. The number of hydrogen-bond donors (Lipinski definition) is 0. The van der Waals surface area contributed by atoms with Crippen LogP contribution in [0.15, 0.2) is 12.2 Å². The quantitative estimate of drug-likeness (QED) is 0.285. The molecule has 0 aromatic rings. The molecular formula is C12H24O3Si. The molecule has 0 heterocycles. The van der Waals surface area contributed by atoms with Crippen LogP contribution in [0, 0.1) is 0 Å². The minimum absolute atomic E-state index is 0.290. The minimum Gasteiger partial charge on any atom is -0.462 e. The van der Waals surface area contributed by atoms with Crippen LogP contribution in [0.3, 0.4) is 0 Å². The Bertz CT molecular complexity index is 236. The largest absolute Gasteiger partial charge is 0.462 e. The van der Waals surface area contributed by atoms with Gasteiger partial charge >= 0.3 is 5.97 Å². The highest BCUT2D eigenvalue weighted by atomic mass is 28.4. The lowest BCUT2D eigenvalue weighted by Crippen LogP contribution is -2.29. The van der Waals surface area contributed by atoms with E-state index >= 15 is 0 Å². The molecule has 0 saturated carbocycles. The Balaban J connectivity index is 3.54. The third-order valence-electron chi connectivity index (χ3n) is 2.29. The van der Waals surface area contributed by atoms with Crippen LogP contribution in [0.5, 0.6) is 0 Å². The summed E-state index contributed by atoms with van der Waals surface area (Å²) in [6, 6.07) is 1.12. The molecule has 0 N–H and O–H groups in total. The Hall–Kier alpha value is -0.613. The first kappa shape index (κ1) is 15.4. The zero-order valence-electron chi connectivity index (χ0n) is 11.0. The second-order valence-corrected chi connectivity index (χ2v) is 8.87. The summed E-state index contributed by atoms with van der Waals surface area (Å²) in [5.41, 5.74) is 0.462. The van der Waals surface area contributed by atoms with Gasteiger partial charge in [-0.15, -0.1) is 0 Å². The molecule has 0 aliphatic rings. The maximum atomic E-state index is 11.1. The van der Waals surface area contributed by atoms with Crippen LogP contribution in [0.4, 0.5) is 0 Å². The molecule has 0 amide bonds. The monoisotopic (exact) mass is 244 g/mol. The smallest absolute Gasteiger partial charge is 0.333 e. The van der Waals surface area contributed by atoms with E-state index < -0.39 is 8.32 Å². The summed E-state index contributed by atoms with van der Waals surface area (Å²) in [6.07, 6.45) is 1.96. The van der Waals surface area contributed by atoms with Gasteiger partial charge in [-0.05, 0) is 39.4 Å². The highest BCUT2D eigenvalue weighted by Gasteiger charge is 2.20. The van der Waals surface area contributed by atoms with E-state index in [4.69, 9.17) is 9.16 Å². The van der Waals surface area contributed by atoms with Crippen molar-refractivity contribution >= 4 is 14.3 Å². The summed E-state index contributed by atoms with van der Waals surface area (Å²) in [5.74, 6) is -0.290. The van der Waals surface area contributed by atoms with Crippen molar-refractivity contribution in [2.75, 3.05) is 13.2 Å². The van der Waals surface area contributed by atoms with Gasteiger partial charge in [0.05, 0.1) is 6.61 Å². The van der Waals surface area contributed by atoms with E-state index in [0.717, 1.165) is 25.5 Å². The summed E-state index contributed by atoms with van der Waals surface area (Å²) in [4.78, 5) is 11.1. The van der Waals surface area contributed by atoms with E-state index in [0.29, 0.717) is 12.2 Å². The van der Waals surface area contributed by atoms with Gasteiger partial charge in [-0.2, -0.15) is 0 Å². The van der Waals surface area contributed by atoms with E-state index in [9.17, 15) is 4.79 Å². The number of esters is 1. The van der Waals surface area contributed by atoms with Crippen LogP contribution in [-0.2, 0) is 14.0 Å². The summed E-state index contributed by atoms with van der Waals surface area (Å²) in [7, 11) is -1.46. The molecule has 0 radical (unpaired) electrons. The normalized spacial score (nSPS) is 11.2. The van der Waals surface area contributed by atoms with Gasteiger partial charge in [0.25, 0.3) is 0 Å². The second-order valence-electron chi connectivity index (χ2n) is 4.57. The number of hydrogen-bond acceptors (Lipinski definition) is 3. The molecular weight excluding hydrogens is 220 g/mol. The zero-order valence-corrected chi connectivity index (χ0v) is 12.0. The predicted molar refractivity (Wildman–Crippen MR) is 68.9 cm³/mol. The minimum atomic E-state index is -1.46. The predicted octanol–water partition coefficient (Wildman–Crippen LogP) is 3.13. The Morgan fingerprint density at radius 2 is 1.94 bits per heavy atom. The molecule has 0 aromatic heterocycles. The van der Waals surface area contributed by atoms with Crippen molar-refractivity contribution in [3.8, 4) is 0 Å². The van der Waals surface area contributed by atoms with Gasteiger partial charge in [0, 0.05) is 12.2 Å². The molecule has 0 aromatic carbocycles. The van der Waals surface area contributed by atoms with Crippen molar-refractivity contribution in [3.05, 3.63) is 12.2 Å². The molecule has 0 rings (SSSR count). The fraction of sp³-hybridized carbons (Fsp3) is 0.750. The SMILES string of the molecule is C=C(C)C(=O)OCCCC[Si](C)(C)OCC. The Morgan fingerprint density at radius 3 is 2.44 bits per heavy atom. The number of rotatable bonds is 8. The fourth-order valence-corrected chi connectivity index (χ4v) is 3.43. The van der Waals surface area contributed by atoms with Crippen molar-refractivity contribution in [1.82, 2.24) is 0 Å². The topological polar surface area (TPSA) is 35.5 Å². The molecule has 0 unspecified atom stereocenters. The lowest BCUT2D eigenvalue weighted by atomic mass is 10.3. The van der Waals surface area contributed by atoms with Crippen LogP contribution in [0.1, 0.15) is 26.7 Å². The van der Waals surface area contributed by atoms with E-state index in [-0.39, 0.29) is 5.97 Å². The van der Waals surface area contributed by atoms with Gasteiger partial charge in [0.1, 0.15) is 0 Å². The third-order valence-corrected chi connectivity index (χ3v) is 4.92. The third kappa shape index (κ3) is 7.65. The molecule has 0 bridgehead atoms. The van der Waals surface area contributed by atoms with Crippen LogP contribution < -0.4 is 0 Å². The van der Waals surface area contributed by atoms with Crippen molar-refractivity contribution in [2.24, 2.45) is 0 Å². The molecule has 0 aliphatic carbocycles. The van der Waals surface area contributed by atoms with Gasteiger partial charge in [0.15, 0.2) is 8.32 Å². The highest BCUT2D eigenvalue weighted by Crippen LogP contribution is 2.14. The standard InChI is InChI=1S/C12H24O3Si/c1-6-15-16(4,5)10-8-7-9-14-12(13)11(2)3/h2,6-10H2,1,3-5H3. The molecule has 3 nitrogen and oxygen atoms in total. The van der Waals surface area contributed by atoms with Crippen LogP contribution in [0.2, 0.25) is 19.1 Å². The van der Waals surface area contributed by atoms with E-state index in [1.54, 1.807) is 6.92 Å². The van der Waals surface area contributed by atoms with Gasteiger partial charge in [-0.1, -0.05) is 13.0 Å². The molecule has 0 fully saturated rings. The van der Waals surface area contributed by atoms with Crippen LogP contribution in [-0.4, -0.2) is 27.5 Å². The summed E-state index contributed by atoms with van der Waals surface area (Å²) in [6.45, 7) is 12.9. The molecule has 94 valence electrons. The number of ether oxygens (including phenoxy) is 1. The first-order valence-corrected chi connectivity index (χ1v) is 8.97. The van der Waals surface area contributed by atoms with E-state index in [1.165, 1.54) is 0 Å². The molecule has 0 aliphatic heterocycles. The number of carbonyl (C=O) groups is 1. The zero-order chi connectivity index (χ0) is 12.6. The molecule has 4 heteroatoms. The van der Waals surface area contributed by atoms with Crippen molar-refractivity contribution in [2.45, 2.75) is 45.8 Å². The summed E-state index contributed by atoms with van der Waals surface area (Å²) >= 11 is 0. The Labute approximate surface area is 100.0 Å². The lowest BCUT2D eigenvalue weighted by molar-refractivity contribution is -0.139. The maximum absolute atomic E-state index is 11.1. The van der Waals surface area contributed by atoms with Crippen LogP contribution in [0.25, 0.3) is 0 Å². The molecule has 0 spiro atoms. The molecule has 16 heavy (non-hydrogen) atoms. The van der Waals surface area contributed by atoms with Crippen molar-refractivity contribution in [3.63, 3.8) is 0 Å². The average Bonchev–Trinajstić information content (AvgIpc) is 2.16. The Kier molecular flexibility index (Phi) is 7.33. The van der Waals surface area contributed by atoms with Crippen molar-refractivity contribution in [1.29, 1.82) is 0 Å². The van der Waals surface area contributed by atoms with Gasteiger partial charge in [-0.3, -0.25) is 0 Å². The van der Waals surface area contributed by atoms with E-state index in [1.807, 2.05) is 6.92 Å². The molecule has 0 atom stereocenters. The van der Waals surface area contributed by atoms with Gasteiger partial charge in [-0.25, -0.2) is 4.79 Å². The average molecular weight is 244 g/mol. The van der Waals surface area contributed by atoms with E-state index in [2.05, 4.69) is 19.7 Å². The van der Waals surface area contributed by atoms with Crippen LogP contribution >= 0.6 is 0 Å². The van der Waals surface area contributed by atoms with Gasteiger partial charge in [0.2, 0.25) is 0 Å². The number of carbonyl (C=O) groups excluding carboxylic acids is 1. The first-order valence-electron chi connectivity index (χ1n) is 5.85. The Morgan fingerprint density at radius 1 is 1.31 bits per heavy atom. The summed E-state index contributed by atoms with van der Waals surface area (Å²) < 4.78 is 10.7. The number of unbranched alkanes of at least 4 members (excludes halogenated alkanes) is 1. The van der Waals surface area contributed by atoms with Gasteiger partial charge < -0.3 is 9.16 Å². The fourth-order valence-electron chi connectivity index (χ4n) is 1.40. The van der Waals surface area contributed by atoms with Crippen molar-refractivity contribution < 1.29 is 14.0 Å². The summed E-state index contributed by atoms with van der Waals surface area (Å²) in [5, 5.41) is 0. The first-order chi connectivity index (χ1) is 7.39.